The van der Waals surface area contributed by atoms with Gasteiger partial charge in [0.25, 0.3) is 0 Å². The van der Waals surface area contributed by atoms with E-state index in [1.54, 1.807) is 23.1 Å². The van der Waals surface area contributed by atoms with Gasteiger partial charge < -0.3 is 9.33 Å². The molecule has 3 saturated carbocycles. The molecule has 3 aliphatic rings. The Kier molecular flexibility index (Phi) is 9.65. The SMILES string of the molecule is Cn1nc(F)c2cc([C@H]3CC[C@H](CN(c4cccc(-c5cnc(C6CC6)s5)c4)C(=O)[C@H]4CC[C@H](O[Si](C)(C)C(C)(C)C)CC4)CC3)ccc21. The molecule has 3 aliphatic carbocycles. The summed E-state index contributed by atoms with van der Waals surface area (Å²) in [6.45, 7) is 12.3. The third-order valence-electron chi connectivity index (χ3n) is 12.0. The molecule has 2 aromatic carbocycles. The van der Waals surface area contributed by atoms with E-state index in [0.717, 1.165) is 74.7 Å². The molecular formula is C40H53FN4O2SSi. The Morgan fingerprint density at radius 1 is 0.980 bits per heavy atom. The topological polar surface area (TPSA) is 60.2 Å². The average molecular weight is 701 g/mol. The number of anilines is 1. The fourth-order valence-corrected chi connectivity index (χ4v) is 10.3. The first-order valence-electron chi connectivity index (χ1n) is 18.5. The van der Waals surface area contributed by atoms with Crippen molar-refractivity contribution in [3.05, 3.63) is 65.2 Å². The number of halogens is 1. The zero-order chi connectivity index (χ0) is 34.5. The first-order chi connectivity index (χ1) is 23.4. The van der Waals surface area contributed by atoms with Gasteiger partial charge in [0.15, 0.2) is 8.32 Å². The average Bonchev–Trinajstić information content (AvgIpc) is 3.74. The van der Waals surface area contributed by atoms with Gasteiger partial charge in [0, 0.05) is 43.4 Å². The zero-order valence-electron chi connectivity index (χ0n) is 30.2. The molecule has 9 heteroatoms. The molecule has 0 unspecified atom stereocenters. The predicted octanol–water partition coefficient (Wildman–Crippen LogP) is 10.6. The summed E-state index contributed by atoms with van der Waals surface area (Å²) >= 11 is 1.80. The van der Waals surface area contributed by atoms with Gasteiger partial charge in [0.05, 0.1) is 20.8 Å². The van der Waals surface area contributed by atoms with E-state index in [4.69, 9.17) is 9.41 Å². The van der Waals surface area contributed by atoms with Gasteiger partial charge in [-0.15, -0.1) is 16.4 Å². The highest BCUT2D eigenvalue weighted by molar-refractivity contribution is 7.15. The molecule has 7 rings (SSSR count). The highest BCUT2D eigenvalue weighted by atomic mass is 32.1. The Bertz CT molecular complexity index is 1790. The van der Waals surface area contributed by atoms with E-state index in [-0.39, 0.29) is 23.0 Å². The minimum absolute atomic E-state index is 0.0187. The lowest BCUT2D eigenvalue weighted by atomic mass is 9.78. The molecule has 0 spiro atoms. The third kappa shape index (κ3) is 7.45. The van der Waals surface area contributed by atoms with E-state index in [1.807, 2.05) is 18.3 Å². The van der Waals surface area contributed by atoms with Gasteiger partial charge in [0.2, 0.25) is 11.9 Å². The van der Waals surface area contributed by atoms with Crippen LogP contribution >= 0.6 is 11.3 Å². The maximum absolute atomic E-state index is 14.6. The molecule has 0 N–H and O–H groups in total. The van der Waals surface area contributed by atoms with E-state index in [9.17, 15) is 9.18 Å². The molecular weight excluding hydrogens is 648 g/mol. The number of nitrogens with zero attached hydrogens (tertiary/aromatic N) is 4. The van der Waals surface area contributed by atoms with Crippen molar-refractivity contribution in [2.75, 3.05) is 11.4 Å². The number of aromatic nitrogens is 3. The number of aryl methyl sites for hydroxylation is 1. The fourth-order valence-electron chi connectivity index (χ4n) is 7.76. The molecule has 4 aromatic rings. The summed E-state index contributed by atoms with van der Waals surface area (Å²) in [5, 5.41) is 6.00. The van der Waals surface area contributed by atoms with Gasteiger partial charge in [-0.2, -0.15) is 4.39 Å². The lowest BCUT2D eigenvalue weighted by molar-refractivity contribution is -0.124. The summed E-state index contributed by atoms with van der Waals surface area (Å²) in [5.74, 6) is 1.35. The number of benzene rings is 2. The van der Waals surface area contributed by atoms with Crippen molar-refractivity contribution >= 4 is 42.2 Å². The van der Waals surface area contributed by atoms with Gasteiger partial charge in [-0.1, -0.05) is 39.0 Å². The van der Waals surface area contributed by atoms with Crippen LogP contribution in [0.5, 0.6) is 0 Å². The number of fused-ring (bicyclic) bond motifs is 1. The zero-order valence-corrected chi connectivity index (χ0v) is 32.0. The number of rotatable bonds is 9. The second-order valence-electron chi connectivity index (χ2n) is 16.6. The molecule has 0 saturated heterocycles. The van der Waals surface area contributed by atoms with Crippen molar-refractivity contribution in [3.63, 3.8) is 0 Å². The van der Waals surface area contributed by atoms with Crippen molar-refractivity contribution in [1.29, 1.82) is 0 Å². The fraction of sp³-hybridized carbons (Fsp3) is 0.575. The number of hydrogen-bond acceptors (Lipinski definition) is 5. The van der Waals surface area contributed by atoms with Crippen LogP contribution in [0.15, 0.2) is 48.7 Å². The Labute approximate surface area is 296 Å². The summed E-state index contributed by atoms with van der Waals surface area (Å²) in [6.07, 6.45) is 12.6. The van der Waals surface area contributed by atoms with Crippen LogP contribution in [0, 0.1) is 17.8 Å². The molecule has 0 aliphatic heterocycles. The van der Waals surface area contributed by atoms with Crippen molar-refractivity contribution in [3.8, 4) is 10.4 Å². The van der Waals surface area contributed by atoms with Crippen LogP contribution in [0.1, 0.15) is 107 Å². The summed E-state index contributed by atoms with van der Waals surface area (Å²) in [7, 11) is -0.0654. The van der Waals surface area contributed by atoms with Crippen LogP contribution in [0.3, 0.4) is 0 Å². The first-order valence-corrected chi connectivity index (χ1v) is 22.3. The van der Waals surface area contributed by atoms with Gasteiger partial charge >= 0.3 is 0 Å². The molecule has 2 aromatic heterocycles. The summed E-state index contributed by atoms with van der Waals surface area (Å²) in [5.41, 5.74) is 4.18. The lowest BCUT2D eigenvalue weighted by Gasteiger charge is -2.41. The molecule has 1 amide bonds. The molecule has 0 radical (unpaired) electrons. The lowest BCUT2D eigenvalue weighted by Crippen LogP contribution is -2.46. The number of hydrogen-bond donors (Lipinski definition) is 0. The normalized spacial score (nSPS) is 23.6. The van der Waals surface area contributed by atoms with Gasteiger partial charge in [0.1, 0.15) is 0 Å². The number of carbonyl (C=O) groups is 1. The minimum atomic E-state index is -1.85. The highest BCUT2D eigenvalue weighted by Crippen LogP contribution is 2.45. The van der Waals surface area contributed by atoms with Crippen LogP contribution in [0.4, 0.5) is 10.1 Å². The quantitative estimate of drug-likeness (QED) is 0.163. The standard InChI is InChI=1S/C40H53FN4O2SSi/c1-40(2,3)49(5,6)47-33-19-16-29(17-20-33)39(46)45(32-9-7-8-31(22-32)36-24-42-38(48-36)28-14-15-28)25-26-10-12-27(13-11-26)30-18-21-35-34(23-30)37(41)43-44(35)4/h7-9,18,21-24,26-29,33H,10-17,19-20,25H2,1-6H3/t26-,27-,29-,33-. The Morgan fingerprint density at radius 2 is 1.69 bits per heavy atom. The maximum atomic E-state index is 14.6. The van der Waals surface area contributed by atoms with E-state index >= 15 is 0 Å². The van der Waals surface area contributed by atoms with Crippen molar-refractivity contribution in [2.45, 2.75) is 121 Å². The third-order valence-corrected chi connectivity index (χ3v) is 17.8. The molecule has 0 bridgehead atoms. The Morgan fingerprint density at radius 3 is 2.39 bits per heavy atom. The molecule has 262 valence electrons. The first kappa shape index (κ1) is 34.6. The van der Waals surface area contributed by atoms with Gasteiger partial charge in [-0.25, -0.2) is 4.98 Å². The monoisotopic (exact) mass is 700 g/mol. The van der Waals surface area contributed by atoms with Crippen molar-refractivity contribution in [2.24, 2.45) is 18.9 Å². The van der Waals surface area contributed by atoms with E-state index in [2.05, 4.69) is 74.2 Å². The van der Waals surface area contributed by atoms with E-state index in [0.29, 0.717) is 23.1 Å². The smallest absolute Gasteiger partial charge is 0.240 e. The number of carbonyl (C=O) groups excluding carboxylic acids is 1. The Hall–Kier alpha value is -2.88. The van der Waals surface area contributed by atoms with Crippen LogP contribution in [0.25, 0.3) is 21.3 Å². The predicted molar refractivity (Wildman–Crippen MR) is 201 cm³/mol. The molecule has 6 nitrogen and oxygen atoms in total. The summed E-state index contributed by atoms with van der Waals surface area (Å²) < 4.78 is 22.9. The van der Waals surface area contributed by atoms with Gasteiger partial charge in [-0.3, -0.25) is 9.48 Å². The van der Waals surface area contributed by atoms with Crippen molar-refractivity contribution < 1.29 is 13.6 Å². The van der Waals surface area contributed by atoms with Gasteiger partial charge in [-0.05, 0) is 130 Å². The molecule has 49 heavy (non-hydrogen) atoms. The van der Waals surface area contributed by atoms with Crippen LogP contribution < -0.4 is 4.90 Å². The summed E-state index contributed by atoms with van der Waals surface area (Å²) in [6, 6.07) is 14.8. The van der Waals surface area contributed by atoms with Crippen LogP contribution in [-0.4, -0.2) is 41.6 Å². The van der Waals surface area contributed by atoms with Crippen molar-refractivity contribution in [1.82, 2.24) is 14.8 Å². The number of thiazole rings is 1. The number of amides is 1. The highest BCUT2D eigenvalue weighted by Gasteiger charge is 2.41. The maximum Gasteiger partial charge on any atom is 0.240 e. The largest absolute Gasteiger partial charge is 0.414 e. The molecule has 0 atom stereocenters. The minimum Gasteiger partial charge on any atom is -0.414 e. The second-order valence-corrected chi connectivity index (χ2v) is 22.4. The van der Waals surface area contributed by atoms with E-state index in [1.165, 1.54) is 28.3 Å². The van der Waals surface area contributed by atoms with Crippen LogP contribution in [-0.2, 0) is 16.3 Å². The van der Waals surface area contributed by atoms with Crippen LogP contribution in [0.2, 0.25) is 18.1 Å². The van der Waals surface area contributed by atoms with E-state index < -0.39 is 14.3 Å². The molecule has 3 fully saturated rings. The summed E-state index contributed by atoms with van der Waals surface area (Å²) in [4.78, 5) is 22.6. The Balaban J connectivity index is 1.07. The molecule has 2 heterocycles. The second kappa shape index (κ2) is 13.7.